The van der Waals surface area contributed by atoms with E-state index in [1.807, 2.05) is 54.6 Å². The van der Waals surface area contributed by atoms with Crippen LogP contribution >= 0.6 is 10.8 Å². The van der Waals surface area contributed by atoms with Crippen molar-refractivity contribution < 1.29 is 13.8 Å². The summed E-state index contributed by atoms with van der Waals surface area (Å²) in [7, 11) is -3.14. The fraction of sp³-hybridized carbons (Fsp3) is 0.400. The van der Waals surface area contributed by atoms with Crippen molar-refractivity contribution >= 4 is 22.2 Å². The average molecular weight is 375 g/mol. The molecule has 5 nitrogen and oxygen atoms in total. The maximum absolute atomic E-state index is 11.1. The largest absolute Gasteiger partial charge is 0.467 e. The van der Waals surface area contributed by atoms with Crippen molar-refractivity contribution in [3.8, 4) is 5.75 Å². The van der Waals surface area contributed by atoms with E-state index in [1.165, 1.54) is 19.3 Å². The average Bonchev–Trinajstić information content (AvgIpc) is 2.60. The highest BCUT2D eigenvalue weighted by Gasteiger charge is 2.40. The van der Waals surface area contributed by atoms with Gasteiger partial charge in [0.15, 0.2) is 0 Å². The van der Waals surface area contributed by atoms with E-state index < -0.39 is 16.2 Å². The summed E-state index contributed by atoms with van der Waals surface area (Å²) in [6.45, 7) is 0.882. The molecule has 1 aliphatic heterocycles. The molecule has 0 amide bonds. The van der Waals surface area contributed by atoms with Gasteiger partial charge in [-0.25, -0.2) is 4.31 Å². The first-order chi connectivity index (χ1) is 12.7. The second-order valence-corrected chi connectivity index (χ2v) is 8.94. The molecule has 2 aromatic carbocycles. The van der Waals surface area contributed by atoms with Crippen molar-refractivity contribution in [3.05, 3.63) is 54.6 Å². The summed E-state index contributed by atoms with van der Waals surface area (Å²) < 4.78 is 29.8. The van der Waals surface area contributed by atoms with Crippen LogP contribution in [0.3, 0.4) is 0 Å². The maximum Gasteiger partial charge on any atom is 0.206 e. The first kappa shape index (κ1) is 17.7. The summed E-state index contributed by atoms with van der Waals surface area (Å²) in [5.41, 5.74) is 0.823. The Morgan fingerprint density at radius 3 is 2.50 bits per heavy atom. The molecule has 1 heterocycles. The Kier molecular flexibility index (Phi) is 5.09. The molecule has 1 saturated carbocycles. The van der Waals surface area contributed by atoms with E-state index in [9.17, 15) is 9.11 Å². The molecule has 0 spiro atoms. The molecule has 3 N–H and O–H groups in total. The smallest absolute Gasteiger partial charge is 0.206 e. The number of rotatable bonds is 6. The fourth-order valence-corrected chi connectivity index (χ4v) is 5.28. The number of anilines is 2. The van der Waals surface area contributed by atoms with Crippen LogP contribution in [0.25, 0.3) is 0 Å². The monoisotopic (exact) mass is 374 g/mol. The molecule has 4 rings (SSSR count). The van der Waals surface area contributed by atoms with Gasteiger partial charge in [-0.05, 0) is 50.1 Å². The van der Waals surface area contributed by atoms with Crippen LogP contribution in [0.4, 0.5) is 11.4 Å². The van der Waals surface area contributed by atoms with Crippen LogP contribution in [0.1, 0.15) is 32.1 Å². The topological polar surface area (TPSA) is 65.0 Å². The Labute approximate surface area is 156 Å². The number of benzene rings is 2. The van der Waals surface area contributed by atoms with Crippen LogP contribution in [0.15, 0.2) is 54.6 Å². The molecule has 1 atom stereocenters. The highest BCUT2D eigenvalue weighted by atomic mass is 32.3. The Balaban J connectivity index is 1.54. The van der Waals surface area contributed by atoms with E-state index in [2.05, 4.69) is 5.32 Å². The molecular formula is C20H26N2O3S. The maximum atomic E-state index is 11.1. The van der Waals surface area contributed by atoms with Crippen molar-refractivity contribution in [2.45, 2.75) is 43.6 Å². The quantitative estimate of drug-likeness (QED) is 0.612. The van der Waals surface area contributed by atoms with Gasteiger partial charge in [0.2, 0.25) is 5.44 Å². The second kappa shape index (κ2) is 7.48. The Bertz CT molecular complexity index is 737. The molecule has 0 bridgehead atoms. The molecule has 140 valence electrons. The van der Waals surface area contributed by atoms with Crippen LogP contribution in [0, 0.1) is 0 Å². The molecule has 2 aromatic rings. The van der Waals surface area contributed by atoms with E-state index in [-0.39, 0.29) is 0 Å². The Morgan fingerprint density at radius 1 is 1.04 bits per heavy atom. The summed E-state index contributed by atoms with van der Waals surface area (Å²) in [6, 6.07) is 17.7. The lowest BCUT2D eigenvalue weighted by atomic mass is 9.93. The fourth-order valence-electron chi connectivity index (χ4n) is 3.46. The van der Waals surface area contributed by atoms with Gasteiger partial charge in [0, 0.05) is 12.5 Å². The normalized spacial score (nSPS) is 22.8. The van der Waals surface area contributed by atoms with Gasteiger partial charge in [0.1, 0.15) is 11.4 Å². The second-order valence-electron chi connectivity index (χ2n) is 6.93. The number of ether oxygens (including phenoxy) is 1. The lowest BCUT2D eigenvalue weighted by molar-refractivity contribution is 0.232. The number of para-hydroxylation sites is 3. The molecule has 1 unspecified atom stereocenters. The summed E-state index contributed by atoms with van der Waals surface area (Å²) in [5.74, 6) is 0.694. The lowest BCUT2D eigenvalue weighted by Gasteiger charge is -2.51. The van der Waals surface area contributed by atoms with Crippen LogP contribution in [-0.4, -0.2) is 27.1 Å². The van der Waals surface area contributed by atoms with Crippen LogP contribution in [0.5, 0.6) is 5.75 Å². The molecule has 0 aromatic heterocycles. The van der Waals surface area contributed by atoms with Gasteiger partial charge in [0.25, 0.3) is 0 Å². The van der Waals surface area contributed by atoms with Gasteiger partial charge in [-0.2, -0.15) is 0 Å². The molecule has 2 aliphatic rings. The Hall–Kier alpha value is -1.73. The third-order valence-electron chi connectivity index (χ3n) is 5.11. The van der Waals surface area contributed by atoms with E-state index in [0.29, 0.717) is 23.9 Å². The van der Waals surface area contributed by atoms with Crippen molar-refractivity contribution in [2.24, 2.45) is 0 Å². The predicted octanol–water partition coefficient (Wildman–Crippen LogP) is 5.13. The van der Waals surface area contributed by atoms with Gasteiger partial charge >= 0.3 is 0 Å². The molecule has 1 aliphatic carbocycles. The molecule has 0 saturated heterocycles. The zero-order chi connectivity index (χ0) is 18.0. The van der Waals surface area contributed by atoms with Crippen molar-refractivity contribution in [1.29, 1.82) is 0 Å². The summed E-state index contributed by atoms with van der Waals surface area (Å²) in [5, 5.41) is 3.52. The van der Waals surface area contributed by atoms with Crippen molar-refractivity contribution in [3.63, 3.8) is 0 Å². The van der Waals surface area contributed by atoms with E-state index in [4.69, 9.17) is 4.74 Å². The van der Waals surface area contributed by atoms with Crippen LogP contribution < -0.4 is 14.4 Å². The highest BCUT2D eigenvalue weighted by Crippen LogP contribution is 2.61. The van der Waals surface area contributed by atoms with Gasteiger partial charge in [-0.15, -0.1) is 0 Å². The third-order valence-corrected chi connectivity index (χ3v) is 7.09. The summed E-state index contributed by atoms with van der Waals surface area (Å²) in [6.07, 6.45) is 5.27. The molecule has 1 fully saturated rings. The highest BCUT2D eigenvalue weighted by molar-refractivity contribution is 8.26. The van der Waals surface area contributed by atoms with Gasteiger partial charge < -0.3 is 10.1 Å². The van der Waals surface area contributed by atoms with Crippen molar-refractivity contribution in [1.82, 2.24) is 5.32 Å². The number of nitrogens with zero attached hydrogens (tertiary/aromatic N) is 1. The SMILES string of the molecule is OS1(O)C(CCCNC2CCC2)Oc2ccccc2N1c1ccccc1. The molecular weight excluding hydrogens is 348 g/mol. The van der Waals surface area contributed by atoms with E-state index >= 15 is 0 Å². The lowest BCUT2D eigenvalue weighted by Crippen LogP contribution is -2.40. The minimum Gasteiger partial charge on any atom is -0.467 e. The summed E-state index contributed by atoms with van der Waals surface area (Å²) >= 11 is 0. The zero-order valence-corrected chi connectivity index (χ0v) is 15.6. The van der Waals surface area contributed by atoms with Gasteiger partial charge in [-0.3, -0.25) is 9.11 Å². The molecule has 26 heavy (non-hydrogen) atoms. The van der Waals surface area contributed by atoms with Crippen molar-refractivity contribution in [2.75, 3.05) is 10.8 Å². The van der Waals surface area contributed by atoms with E-state index in [0.717, 1.165) is 18.7 Å². The first-order valence-corrected chi connectivity index (χ1v) is 10.8. The van der Waals surface area contributed by atoms with Gasteiger partial charge in [-0.1, -0.05) is 47.5 Å². The minimum absolute atomic E-state index is 0.597. The number of hydrogen-bond acceptors (Lipinski definition) is 5. The predicted molar refractivity (Wildman–Crippen MR) is 107 cm³/mol. The molecule has 0 radical (unpaired) electrons. The standard InChI is InChI=1S/C20H26N2O3S/c23-26(24)20(14-7-15-21-16-8-6-9-16)25-19-13-5-4-12-18(19)22(26)17-10-2-1-3-11-17/h1-5,10-13,16,20-21,23-24H,6-9,14-15H2. The Morgan fingerprint density at radius 2 is 1.77 bits per heavy atom. The van der Waals surface area contributed by atoms with E-state index in [1.54, 1.807) is 4.31 Å². The zero-order valence-electron chi connectivity index (χ0n) is 14.8. The summed E-state index contributed by atoms with van der Waals surface area (Å²) in [4.78, 5) is 0. The first-order valence-electron chi connectivity index (χ1n) is 9.28. The van der Waals surface area contributed by atoms with Crippen LogP contribution in [-0.2, 0) is 0 Å². The van der Waals surface area contributed by atoms with Crippen LogP contribution in [0.2, 0.25) is 0 Å². The van der Waals surface area contributed by atoms with Gasteiger partial charge in [0.05, 0.1) is 5.69 Å². The number of hydrogen-bond donors (Lipinski definition) is 3. The number of fused-ring (bicyclic) bond motifs is 1. The third kappa shape index (κ3) is 3.42. The molecule has 6 heteroatoms. The number of nitrogens with one attached hydrogen (secondary N) is 1. The minimum atomic E-state index is -3.14.